The minimum atomic E-state index is -0.106. The topological polar surface area (TPSA) is 24.5 Å². The van der Waals surface area contributed by atoms with Crippen LogP contribution in [0.2, 0.25) is 0 Å². The molecule has 0 amide bonds. The predicted molar refractivity (Wildman–Crippen MR) is 93.8 cm³/mol. The van der Waals surface area contributed by atoms with Gasteiger partial charge in [0.2, 0.25) is 0 Å². The van der Waals surface area contributed by atoms with E-state index in [1.54, 1.807) is 0 Å². The Morgan fingerprint density at radius 3 is 2.68 bits per heavy atom. The number of benzene rings is 1. The monoisotopic (exact) mass is 304 g/mol. The van der Waals surface area contributed by atoms with Crippen LogP contribution in [-0.2, 0) is 0 Å². The van der Waals surface area contributed by atoms with Gasteiger partial charge in [-0.3, -0.25) is 0 Å². The van der Waals surface area contributed by atoms with Gasteiger partial charge in [-0.2, -0.15) is 0 Å². The van der Waals surface area contributed by atoms with Gasteiger partial charge in [-0.05, 0) is 65.0 Å². The zero-order valence-electron chi connectivity index (χ0n) is 15.1. The first-order valence-corrected chi connectivity index (χ1v) is 8.49. The molecule has 3 nitrogen and oxygen atoms in total. The number of nitrogens with zero attached hydrogens (tertiary/aromatic N) is 1. The number of hydrogen-bond acceptors (Lipinski definition) is 3. The van der Waals surface area contributed by atoms with E-state index >= 15 is 0 Å². The maximum Gasteiger partial charge on any atom is 0.124 e. The molecule has 1 aliphatic heterocycles. The quantitative estimate of drug-likeness (QED) is 0.805. The number of ether oxygens (including phenoxy) is 1. The lowest BCUT2D eigenvalue weighted by atomic mass is 9.87. The zero-order valence-corrected chi connectivity index (χ0v) is 15.1. The standard InChI is InChI=1S/C19H32N2O/c1-14(2)15-8-9-18-16(12-15)17(13-19(3,4)22-18)20-10-7-11-21(5)6/h8-9,12,14,17,20H,7,10-11,13H2,1-6H3. The Hall–Kier alpha value is -1.06. The van der Waals surface area contributed by atoms with Crippen molar-refractivity contribution in [3.05, 3.63) is 29.3 Å². The summed E-state index contributed by atoms with van der Waals surface area (Å²) in [6, 6.07) is 7.08. The van der Waals surface area contributed by atoms with Crippen LogP contribution in [0.15, 0.2) is 18.2 Å². The molecule has 1 atom stereocenters. The number of nitrogens with one attached hydrogen (secondary N) is 1. The molecule has 0 radical (unpaired) electrons. The van der Waals surface area contributed by atoms with Crippen molar-refractivity contribution in [1.82, 2.24) is 10.2 Å². The molecule has 0 spiro atoms. The number of hydrogen-bond donors (Lipinski definition) is 1. The minimum absolute atomic E-state index is 0.106. The van der Waals surface area contributed by atoms with Crippen LogP contribution in [0.25, 0.3) is 0 Å². The highest BCUT2D eigenvalue weighted by Gasteiger charge is 2.33. The van der Waals surface area contributed by atoms with E-state index in [1.165, 1.54) is 17.5 Å². The van der Waals surface area contributed by atoms with E-state index in [0.29, 0.717) is 12.0 Å². The Balaban J connectivity index is 2.13. The van der Waals surface area contributed by atoms with E-state index in [2.05, 4.69) is 70.2 Å². The minimum Gasteiger partial charge on any atom is -0.487 e. The highest BCUT2D eigenvalue weighted by Crippen LogP contribution is 2.40. The first kappa shape index (κ1) is 17.3. The Kier molecular flexibility index (Phi) is 5.51. The molecule has 0 fully saturated rings. The van der Waals surface area contributed by atoms with Gasteiger partial charge in [0, 0.05) is 18.0 Å². The van der Waals surface area contributed by atoms with Crippen LogP contribution in [0.1, 0.15) is 63.6 Å². The summed E-state index contributed by atoms with van der Waals surface area (Å²) < 4.78 is 6.18. The molecule has 0 bridgehead atoms. The highest BCUT2D eigenvalue weighted by atomic mass is 16.5. The molecule has 1 unspecified atom stereocenters. The van der Waals surface area contributed by atoms with Crippen LogP contribution < -0.4 is 10.1 Å². The average molecular weight is 304 g/mol. The van der Waals surface area contributed by atoms with E-state index < -0.39 is 0 Å². The summed E-state index contributed by atoms with van der Waals surface area (Å²) >= 11 is 0. The lowest BCUT2D eigenvalue weighted by molar-refractivity contribution is 0.0659. The van der Waals surface area contributed by atoms with Gasteiger partial charge in [0.1, 0.15) is 11.4 Å². The molecule has 0 saturated heterocycles. The zero-order chi connectivity index (χ0) is 16.3. The highest BCUT2D eigenvalue weighted by molar-refractivity contribution is 5.42. The van der Waals surface area contributed by atoms with Crippen LogP contribution in [0.3, 0.4) is 0 Å². The molecule has 1 heterocycles. The number of rotatable bonds is 6. The van der Waals surface area contributed by atoms with Crippen molar-refractivity contribution >= 4 is 0 Å². The van der Waals surface area contributed by atoms with Crippen molar-refractivity contribution in [2.75, 3.05) is 27.2 Å². The SMILES string of the molecule is CC(C)c1ccc2c(c1)C(NCCCN(C)C)CC(C)(C)O2. The van der Waals surface area contributed by atoms with Crippen LogP contribution in [0.4, 0.5) is 0 Å². The first-order chi connectivity index (χ1) is 10.3. The van der Waals surface area contributed by atoms with Crippen LogP contribution >= 0.6 is 0 Å². The molecule has 22 heavy (non-hydrogen) atoms. The van der Waals surface area contributed by atoms with Gasteiger partial charge in [-0.1, -0.05) is 26.0 Å². The van der Waals surface area contributed by atoms with Crippen molar-refractivity contribution in [3.8, 4) is 5.75 Å². The van der Waals surface area contributed by atoms with E-state index in [-0.39, 0.29) is 5.60 Å². The van der Waals surface area contributed by atoms with Crippen molar-refractivity contribution in [1.29, 1.82) is 0 Å². The molecule has 2 rings (SSSR count). The first-order valence-electron chi connectivity index (χ1n) is 8.49. The third kappa shape index (κ3) is 4.47. The molecular formula is C19H32N2O. The normalized spacial score (nSPS) is 20.1. The molecular weight excluding hydrogens is 272 g/mol. The summed E-state index contributed by atoms with van der Waals surface area (Å²) in [5.74, 6) is 1.60. The Labute approximate surface area is 136 Å². The lowest BCUT2D eigenvalue weighted by Crippen LogP contribution is -2.40. The molecule has 0 aromatic heterocycles. The molecule has 0 aliphatic carbocycles. The fourth-order valence-electron chi connectivity index (χ4n) is 3.09. The molecule has 1 N–H and O–H groups in total. The van der Waals surface area contributed by atoms with Gasteiger partial charge in [0.25, 0.3) is 0 Å². The van der Waals surface area contributed by atoms with Gasteiger partial charge in [0.15, 0.2) is 0 Å². The summed E-state index contributed by atoms with van der Waals surface area (Å²) in [5, 5.41) is 3.75. The third-order valence-corrected chi connectivity index (χ3v) is 4.33. The summed E-state index contributed by atoms with van der Waals surface area (Å²) in [6.45, 7) is 11.0. The van der Waals surface area contributed by atoms with Gasteiger partial charge in [-0.15, -0.1) is 0 Å². The largest absolute Gasteiger partial charge is 0.487 e. The maximum absolute atomic E-state index is 6.18. The van der Waals surface area contributed by atoms with Crippen LogP contribution in [-0.4, -0.2) is 37.7 Å². The van der Waals surface area contributed by atoms with E-state index in [4.69, 9.17) is 4.74 Å². The summed E-state index contributed by atoms with van der Waals surface area (Å²) in [5.41, 5.74) is 2.61. The molecule has 1 aliphatic rings. The van der Waals surface area contributed by atoms with Crippen molar-refractivity contribution in [2.45, 2.75) is 58.1 Å². The fourth-order valence-corrected chi connectivity index (χ4v) is 3.09. The molecule has 124 valence electrons. The summed E-state index contributed by atoms with van der Waals surface area (Å²) in [7, 11) is 4.25. The van der Waals surface area contributed by atoms with Crippen molar-refractivity contribution in [3.63, 3.8) is 0 Å². The van der Waals surface area contributed by atoms with Gasteiger partial charge in [0.05, 0.1) is 0 Å². The summed E-state index contributed by atoms with van der Waals surface area (Å²) in [4.78, 5) is 2.24. The van der Waals surface area contributed by atoms with Gasteiger partial charge in [-0.25, -0.2) is 0 Å². The van der Waals surface area contributed by atoms with E-state index in [1.807, 2.05) is 0 Å². The van der Waals surface area contributed by atoms with E-state index in [9.17, 15) is 0 Å². The summed E-state index contributed by atoms with van der Waals surface area (Å²) in [6.07, 6.45) is 2.19. The van der Waals surface area contributed by atoms with E-state index in [0.717, 1.165) is 25.3 Å². The van der Waals surface area contributed by atoms with Crippen LogP contribution in [0.5, 0.6) is 5.75 Å². The lowest BCUT2D eigenvalue weighted by Gasteiger charge is -2.38. The fraction of sp³-hybridized carbons (Fsp3) is 0.684. The van der Waals surface area contributed by atoms with Crippen molar-refractivity contribution < 1.29 is 4.74 Å². The second-order valence-corrected chi connectivity index (χ2v) is 7.68. The molecule has 1 aromatic rings. The Morgan fingerprint density at radius 1 is 1.32 bits per heavy atom. The smallest absolute Gasteiger partial charge is 0.124 e. The van der Waals surface area contributed by atoms with Gasteiger partial charge >= 0.3 is 0 Å². The predicted octanol–water partition coefficient (Wildman–Crippen LogP) is 3.95. The molecule has 1 aromatic carbocycles. The second-order valence-electron chi connectivity index (χ2n) is 7.68. The second kappa shape index (κ2) is 7.01. The van der Waals surface area contributed by atoms with Crippen molar-refractivity contribution in [2.24, 2.45) is 0 Å². The third-order valence-electron chi connectivity index (χ3n) is 4.33. The Bertz CT molecular complexity index is 494. The van der Waals surface area contributed by atoms with Crippen LogP contribution in [0, 0.1) is 0 Å². The average Bonchev–Trinajstić information content (AvgIpc) is 2.41. The Morgan fingerprint density at radius 2 is 2.05 bits per heavy atom. The maximum atomic E-state index is 6.18. The molecule has 3 heteroatoms. The molecule has 0 saturated carbocycles. The van der Waals surface area contributed by atoms with Gasteiger partial charge < -0.3 is 15.0 Å². The number of fused-ring (bicyclic) bond motifs is 1.